The topological polar surface area (TPSA) is 95.3 Å². The third-order valence-electron chi connectivity index (χ3n) is 4.86. The van der Waals surface area contributed by atoms with E-state index in [-0.39, 0.29) is 30.2 Å². The smallest absolute Gasteiger partial charge is 0.336 e. The first kappa shape index (κ1) is 22.2. The Labute approximate surface area is 179 Å². The van der Waals surface area contributed by atoms with Gasteiger partial charge in [0.25, 0.3) is 0 Å². The number of esters is 2. The Morgan fingerprint density at radius 1 is 1.03 bits per heavy atom. The number of rotatable bonds is 7. The quantitative estimate of drug-likeness (QED) is 0.678. The first-order valence-corrected chi connectivity index (χ1v) is 10.0. The van der Waals surface area contributed by atoms with Gasteiger partial charge in [0.15, 0.2) is 0 Å². The standard InChI is InChI=1S/C22H25FN4O4/c1-5-30-21(28)18-13(3)24-14(4)19(22(29)31-6-2)20(18)17-12-27(26-25-17)11-15-7-9-16(23)10-8-15/h7-10,12,20,24H,5-6,11H2,1-4H3. The molecule has 0 unspecified atom stereocenters. The fourth-order valence-electron chi connectivity index (χ4n) is 3.55. The summed E-state index contributed by atoms with van der Waals surface area (Å²) in [4.78, 5) is 25.5. The number of nitrogens with zero attached hydrogens (tertiary/aromatic N) is 3. The molecule has 0 aliphatic carbocycles. The van der Waals surface area contributed by atoms with Crippen LogP contribution in [0.5, 0.6) is 0 Å². The highest BCUT2D eigenvalue weighted by Crippen LogP contribution is 2.38. The number of allylic oxidation sites excluding steroid dienone is 2. The van der Waals surface area contributed by atoms with E-state index in [9.17, 15) is 14.0 Å². The minimum atomic E-state index is -0.790. The molecule has 0 atom stereocenters. The lowest BCUT2D eigenvalue weighted by Gasteiger charge is -2.28. The van der Waals surface area contributed by atoms with Crippen molar-refractivity contribution in [3.05, 3.63) is 70.1 Å². The maximum atomic E-state index is 13.2. The second-order valence-corrected chi connectivity index (χ2v) is 7.04. The molecule has 2 aromatic rings. The second-order valence-electron chi connectivity index (χ2n) is 7.04. The van der Waals surface area contributed by atoms with Gasteiger partial charge < -0.3 is 14.8 Å². The van der Waals surface area contributed by atoms with Crippen molar-refractivity contribution in [2.45, 2.75) is 40.2 Å². The van der Waals surface area contributed by atoms with Gasteiger partial charge in [-0.2, -0.15) is 0 Å². The molecule has 31 heavy (non-hydrogen) atoms. The maximum absolute atomic E-state index is 13.2. The Bertz CT molecular complexity index is 1000. The van der Waals surface area contributed by atoms with Crippen LogP contribution in [0.3, 0.4) is 0 Å². The molecule has 1 aliphatic rings. The molecule has 0 fully saturated rings. The van der Waals surface area contributed by atoms with Crippen LogP contribution in [0.2, 0.25) is 0 Å². The summed E-state index contributed by atoms with van der Waals surface area (Å²) >= 11 is 0. The van der Waals surface area contributed by atoms with Gasteiger partial charge in [0.1, 0.15) is 5.82 Å². The molecule has 0 radical (unpaired) electrons. The summed E-state index contributed by atoms with van der Waals surface area (Å²) in [7, 11) is 0. The summed E-state index contributed by atoms with van der Waals surface area (Å²) in [6, 6.07) is 6.05. The van der Waals surface area contributed by atoms with E-state index in [1.165, 1.54) is 12.1 Å². The van der Waals surface area contributed by atoms with Gasteiger partial charge in [0, 0.05) is 17.6 Å². The highest BCUT2D eigenvalue weighted by molar-refractivity contribution is 5.99. The lowest BCUT2D eigenvalue weighted by atomic mass is 9.83. The van der Waals surface area contributed by atoms with Gasteiger partial charge in [-0.15, -0.1) is 5.10 Å². The third-order valence-corrected chi connectivity index (χ3v) is 4.86. The Morgan fingerprint density at radius 3 is 2.10 bits per heavy atom. The van der Waals surface area contributed by atoms with Crippen molar-refractivity contribution >= 4 is 11.9 Å². The second kappa shape index (κ2) is 9.55. The molecular weight excluding hydrogens is 403 g/mol. The summed E-state index contributed by atoms with van der Waals surface area (Å²) in [5, 5.41) is 11.5. The average Bonchev–Trinajstić information content (AvgIpc) is 3.17. The monoisotopic (exact) mass is 428 g/mol. The minimum absolute atomic E-state index is 0.191. The summed E-state index contributed by atoms with van der Waals surface area (Å²) in [6.07, 6.45) is 1.67. The molecule has 1 aromatic heterocycles. The van der Waals surface area contributed by atoms with Crippen molar-refractivity contribution in [2.24, 2.45) is 0 Å². The summed E-state index contributed by atoms with van der Waals surface area (Å²) < 4.78 is 25.2. The Morgan fingerprint density at radius 2 is 1.58 bits per heavy atom. The highest BCUT2D eigenvalue weighted by Gasteiger charge is 2.39. The van der Waals surface area contributed by atoms with Crippen LogP contribution in [0, 0.1) is 5.82 Å². The molecule has 0 spiro atoms. The summed E-state index contributed by atoms with van der Waals surface area (Å²) in [5.74, 6) is -2.20. The van der Waals surface area contributed by atoms with Gasteiger partial charge in [-0.1, -0.05) is 17.3 Å². The van der Waals surface area contributed by atoms with Gasteiger partial charge >= 0.3 is 11.9 Å². The zero-order valence-electron chi connectivity index (χ0n) is 17.9. The van der Waals surface area contributed by atoms with Crippen molar-refractivity contribution < 1.29 is 23.5 Å². The third kappa shape index (κ3) is 4.82. The van der Waals surface area contributed by atoms with Crippen molar-refractivity contribution in [1.29, 1.82) is 0 Å². The molecule has 9 heteroatoms. The number of halogens is 1. The van der Waals surface area contributed by atoms with E-state index in [4.69, 9.17) is 9.47 Å². The Kier molecular flexibility index (Phi) is 6.84. The van der Waals surface area contributed by atoms with E-state index >= 15 is 0 Å². The SMILES string of the molecule is CCOC(=O)C1=C(C)NC(C)=C(C(=O)OCC)C1c1cn(Cc2ccc(F)cc2)nn1. The molecule has 164 valence electrons. The van der Waals surface area contributed by atoms with Gasteiger partial charge in [0.2, 0.25) is 0 Å². The number of aromatic nitrogens is 3. The number of hydrogen-bond donors (Lipinski definition) is 1. The highest BCUT2D eigenvalue weighted by atomic mass is 19.1. The fourth-order valence-corrected chi connectivity index (χ4v) is 3.55. The van der Waals surface area contributed by atoms with E-state index in [2.05, 4.69) is 15.6 Å². The van der Waals surface area contributed by atoms with E-state index < -0.39 is 17.9 Å². The largest absolute Gasteiger partial charge is 0.463 e. The van der Waals surface area contributed by atoms with E-state index in [0.717, 1.165) is 5.56 Å². The van der Waals surface area contributed by atoms with E-state index in [0.29, 0.717) is 23.6 Å². The van der Waals surface area contributed by atoms with E-state index in [1.54, 1.807) is 50.7 Å². The van der Waals surface area contributed by atoms with Crippen molar-refractivity contribution in [2.75, 3.05) is 13.2 Å². The zero-order chi connectivity index (χ0) is 22.5. The van der Waals surface area contributed by atoms with Crippen LogP contribution < -0.4 is 5.32 Å². The molecule has 0 saturated carbocycles. The van der Waals surface area contributed by atoms with Crippen LogP contribution in [0.25, 0.3) is 0 Å². The number of carbonyl (C=O) groups is 2. The van der Waals surface area contributed by atoms with E-state index in [1.807, 2.05) is 0 Å². The molecule has 3 rings (SSSR count). The number of nitrogens with one attached hydrogen (secondary N) is 1. The number of hydrogen-bond acceptors (Lipinski definition) is 7. The molecule has 1 aliphatic heterocycles. The van der Waals surface area contributed by atoms with Crippen LogP contribution in [-0.2, 0) is 25.6 Å². The average molecular weight is 428 g/mol. The summed E-state index contributed by atoms with van der Waals surface area (Å²) in [6.45, 7) is 7.65. The first-order valence-electron chi connectivity index (χ1n) is 10.0. The number of carbonyl (C=O) groups excluding carboxylic acids is 2. The van der Waals surface area contributed by atoms with Gasteiger partial charge in [-0.25, -0.2) is 18.7 Å². The fraction of sp³-hybridized carbons (Fsp3) is 0.364. The normalized spacial score (nSPS) is 14.5. The minimum Gasteiger partial charge on any atom is -0.463 e. The van der Waals surface area contributed by atoms with Crippen LogP contribution in [-0.4, -0.2) is 40.1 Å². The molecule has 0 amide bonds. The van der Waals surface area contributed by atoms with Gasteiger partial charge in [-0.05, 0) is 45.4 Å². The number of benzene rings is 1. The predicted octanol–water partition coefficient (Wildman–Crippen LogP) is 2.83. The van der Waals surface area contributed by atoms with Crippen LogP contribution in [0.1, 0.15) is 44.9 Å². The molecule has 1 N–H and O–H groups in total. The Balaban J connectivity index is 2.02. The lowest BCUT2D eigenvalue weighted by molar-refractivity contribution is -0.139. The van der Waals surface area contributed by atoms with Crippen molar-refractivity contribution in [3.8, 4) is 0 Å². The molecule has 0 saturated heterocycles. The van der Waals surface area contributed by atoms with Gasteiger partial charge in [-0.3, -0.25) is 0 Å². The lowest BCUT2D eigenvalue weighted by Crippen LogP contribution is -2.32. The zero-order valence-corrected chi connectivity index (χ0v) is 17.9. The number of ether oxygens (including phenoxy) is 2. The van der Waals surface area contributed by atoms with Crippen molar-refractivity contribution in [1.82, 2.24) is 20.3 Å². The van der Waals surface area contributed by atoms with Crippen LogP contribution in [0.4, 0.5) is 4.39 Å². The first-order chi connectivity index (χ1) is 14.8. The molecule has 8 nitrogen and oxygen atoms in total. The maximum Gasteiger partial charge on any atom is 0.336 e. The Hall–Kier alpha value is -3.49. The number of dihydropyridines is 1. The van der Waals surface area contributed by atoms with Crippen LogP contribution in [0.15, 0.2) is 53.0 Å². The predicted molar refractivity (Wildman–Crippen MR) is 110 cm³/mol. The molecular formula is C22H25FN4O4. The van der Waals surface area contributed by atoms with Gasteiger partial charge in [0.05, 0.1) is 42.5 Å². The van der Waals surface area contributed by atoms with Crippen molar-refractivity contribution in [3.63, 3.8) is 0 Å². The summed E-state index contributed by atoms with van der Waals surface area (Å²) in [5.41, 5.74) is 2.95. The van der Waals surface area contributed by atoms with Crippen LogP contribution >= 0.6 is 0 Å². The molecule has 0 bridgehead atoms. The molecule has 1 aromatic carbocycles. The molecule has 2 heterocycles.